The zero-order valence-corrected chi connectivity index (χ0v) is 14.5. The summed E-state index contributed by atoms with van der Waals surface area (Å²) in [7, 11) is 0. The summed E-state index contributed by atoms with van der Waals surface area (Å²) in [4.78, 5) is 3.71. The molecule has 1 aliphatic carbocycles. The van der Waals surface area contributed by atoms with Crippen LogP contribution in [0.3, 0.4) is 0 Å². The number of halogens is 3. The monoisotopic (exact) mass is 388 g/mol. The summed E-state index contributed by atoms with van der Waals surface area (Å²) in [5.74, 6) is -0.0274. The molecule has 0 saturated heterocycles. The fourth-order valence-electron chi connectivity index (χ4n) is 3.22. The molecule has 0 aliphatic heterocycles. The number of nitrogens with one attached hydrogen (secondary N) is 1. The molecular weight excluding hydrogens is 373 g/mol. The van der Waals surface area contributed by atoms with Crippen LogP contribution in [0.1, 0.15) is 22.7 Å². The summed E-state index contributed by atoms with van der Waals surface area (Å²) in [6.45, 7) is 0. The van der Waals surface area contributed by atoms with Gasteiger partial charge < -0.3 is 10.4 Å². The molecular formula is C19H15F3N4O2. The summed E-state index contributed by atoms with van der Waals surface area (Å²) in [6, 6.07) is 11.6. The fourth-order valence-corrected chi connectivity index (χ4v) is 3.22. The van der Waals surface area contributed by atoms with Gasteiger partial charge in [-0.1, -0.05) is 30.3 Å². The second kappa shape index (κ2) is 6.99. The normalized spacial score (nSPS) is 14.9. The largest absolute Gasteiger partial charge is 0.846 e. The van der Waals surface area contributed by atoms with Gasteiger partial charge in [-0.2, -0.15) is 13.2 Å². The fraction of sp³-hybridized carbons (Fsp3) is 0.211. The molecule has 0 saturated carbocycles. The third kappa shape index (κ3) is 3.83. The van der Waals surface area contributed by atoms with E-state index in [0.29, 0.717) is 0 Å². The highest BCUT2D eigenvalue weighted by Crippen LogP contribution is 2.30. The molecule has 1 heterocycles. The Hall–Kier alpha value is -3.36. The molecule has 1 aromatic heterocycles. The van der Waals surface area contributed by atoms with Crippen LogP contribution in [0.25, 0.3) is 0 Å². The summed E-state index contributed by atoms with van der Waals surface area (Å²) in [5, 5.41) is 18.2. The number of alkyl halides is 3. The second-order valence-corrected chi connectivity index (χ2v) is 6.47. The Morgan fingerprint density at radius 1 is 1.14 bits per heavy atom. The van der Waals surface area contributed by atoms with Crippen molar-refractivity contribution in [3.63, 3.8) is 0 Å². The predicted octanol–water partition coefficient (Wildman–Crippen LogP) is 2.78. The Labute approximate surface area is 157 Å². The van der Waals surface area contributed by atoms with E-state index in [1.807, 2.05) is 12.1 Å². The van der Waals surface area contributed by atoms with Crippen LogP contribution in [-0.4, -0.2) is 11.3 Å². The molecule has 28 heavy (non-hydrogen) atoms. The highest BCUT2D eigenvalue weighted by Gasteiger charge is 2.32. The molecule has 0 bridgehead atoms. The molecule has 0 radical (unpaired) electrons. The van der Waals surface area contributed by atoms with Crippen LogP contribution in [0.5, 0.6) is 0 Å². The summed E-state index contributed by atoms with van der Waals surface area (Å²) >= 11 is 0. The van der Waals surface area contributed by atoms with E-state index in [2.05, 4.69) is 27.7 Å². The number of rotatable bonds is 3. The molecule has 2 aromatic carbocycles. The van der Waals surface area contributed by atoms with E-state index in [-0.39, 0.29) is 17.6 Å². The third-order valence-corrected chi connectivity index (χ3v) is 4.53. The van der Waals surface area contributed by atoms with Gasteiger partial charge in [0.25, 0.3) is 6.20 Å². The van der Waals surface area contributed by atoms with Gasteiger partial charge in [0.1, 0.15) is 0 Å². The summed E-state index contributed by atoms with van der Waals surface area (Å²) in [5.41, 5.74) is 1.61. The molecule has 0 atom stereocenters. The lowest BCUT2D eigenvalue weighted by Crippen LogP contribution is -2.41. The van der Waals surface area contributed by atoms with E-state index in [1.165, 1.54) is 29.5 Å². The van der Waals surface area contributed by atoms with Crippen molar-refractivity contribution in [2.24, 2.45) is 4.99 Å². The maximum Gasteiger partial charge on any atom is 0.416 e. The molecule has 0 spiro atoms. The number of anilines is 1. The van der Waals surface area contributed by atoms with Gasteiger partial charge in [-0.05, 0) is 34.0 Å². The van der Waals surface area contributed by atoms with Gasteiger partial charge in [0.05, 0.1) is 11.6 Å². The Kier molecular flexibility index (Phi) is 4.50. The van der Waals surface area contributed by atoms with Crippen molar-refractivity contribution in [2.45, 2.75) is 25.1 Å². The van der Waals surface area contributed by atoms with Gasteiger partial charge in [0.2, 0.25) is 5.27 Å². The van der Waals surface area contributed by atoms with Crippen LogP contribution in [0.15, 0.2) is 64.2 Å². The maximum absolute atomic E-state index is 12.7. The van der Waals surface area contributed by atoms with Gasteiger partial charge >= 0.3 is 12.1 Å². The van der Waals surface area contributed by atoms with Crippen molar-refractivity contribution in [2.75, 3.05) is 5.32 Å². The van der Waals surface area contributed by atoms with Gasteiger partial charge in [0.15, 0.2) is 6.04 Å². The number of nitrogens with zero attached hydrogens (tertiary/aromatic N) is 3. The van der Waals surface area contributed by atoms with E-state index in [1.54, 1.807) is 4.68 Å². The van der Waals surface area contributed by atoms with Gasteiger partial charge in [-0.3, -0.25) is 4.52 Å². The number of aliphatic imine (C=N–C) groups is 1. The molecule has 3 aromatic rings. The summed E-state index contributed by atoms with van der Waals surface area (Å²) < 4.78 is 44.9. The van der Waals surface area contributed by atoms with E-state index < -0.39 is 17.8 Å². The van der Waals surface area contributed by atoms with Crippen LogP contribution in [0, 0.1) is 0 Å². The number of aromatic nitrogens is 2. The minimum absolute atomic E-state index is 0.0118. The highest BCUT2D eigenvalue weighted by atomic mass is 19.4. The minimum atomic E-state index is -4.49. The SMILES string of the molecule is [O-]C(=Nc1c[n+](C2Cc3ccccc3C2)no1)Nc1cccc(C(F)(F)F)c1. The van der Waals surface area contributed by atoms with E-state index >= 15 is 0 Å². The zero-order chi connectivity index (χ0) is 19.7. The molecule has 6 nitrogen and oxygen atoms in total. The first-order valence-electron chi connectivity index (χ1n) is 8.53. The first kappa shape index (κ1) is 18.0. The minimum Gasteiger partial charge on any atom is -0.846 e. The van der Waals surface area contributed by atoms with Crippen LogP contribution in [0.4, 0.5) is 24.7 Å². The standard InChI is InChI=1S/C19H15F3N4O2/c20-19(21,22)14-6-3-7-15(10-14)23-18(27)24-17-11-26(25-28-17)16-8-12-4-1-2-5-13(12)9-16/h1-7,10-11,16H,8-9H2,(H-,23,24,25,27). The molecule has 4 rings (SSSR count). The lowest BCUT2D eigenvalue weighted by molar-refractivity contribution is -0.783. The van der Waals surface area contributed by atoms with Crippen molar-refractivity contribution in [1.29, 1.82) is 0 Å². The van der Waals surface area contributed by atoms with Crippen molar-refractivity contribution in [3.05, 3.63) is 71.4 Å². The first-order valence-corrected chi connectivity index (χ1v) is 8.53. The molecule has 0 unspecified atom stereocenters. The second-order valence-electron chi connectivity index (χ2n) is 6.47. The van der Waals surface area contributed by atoms with Crippen molar-refractivity contribution in [3.8, 4) is 0 Å². The molecule has 9 heteroatoms. The maximum atomic E-state index is 12.7. The number of amidine groups is 1. The molecule has 0 amide bonds. The first-order chi connectivity index (χ1) is 13.4. The van der Waals surface area contributed by atoms with Gasteiger partial charge in [-0.25, -0.2) is 4.99 Å². The van der Waals surface area contributed by atoms with Crippen LogP contribution in [-0.2, 0) is 19.0 Å². The topological polar surface area (TPSA) is 77.4 Å². The number of fused-ring (bicyclic) bond motifs is 1. The Morgan fingerprint density at radius 3 is 2.54 bits per heavy atom. The van der Waals surface area contributed by atoms with Crippen molar-refractivity contribution in [1.82, 2.24) is 5.27 Å². The summed E-state index contributed by atoms with van der Waals surface area (Å²) in [6.07, 6.45) is -1.40. The van der Waals surface area contributed by atoms with Gasteiger partial charge in [-0.15, -0.1) is 0 Å². The number of benzene rings is 2. The van der Waals surface area contributed by atoms with E-state index in [4.69, 9.17) is 4.52 Å². The average molecular weight is 388 g/mol. The Bertz CT molecular complexity index is 1000. The molecule has 144 valence electrons. The highest BCUT2D eigenvalue weighted by molar-refractivity contribution is 5.87. The van der Waals surface area contributed by atoms with Crippen LogP contribution in [0.2, 0.25) is 0 Å². The van der Waals surface area contributed by atoms with Crippen molar-refractivity contribution >= 4 is 17.6 Å². The molecule has 0 fully saturated rings. The van der Waals surface area contributed by atoms with Crippen LogP contribution < -0.4 is 15.1 Å². The quantitative estimate of drug-likeness (QED) is 0.425. The van der Waals surface area contributed by atoms with E-state index in [9.17, 15) is 18.3 Å². The lowest BCUT2D eigenvalue weighted by atomic mass is 10.1. The third-order valence-electron chi connectivity index (χ3n) is 4.53. The Balaban J connectivity index is 1.45. The molecule has 1 aliphatic rings. The average Bonchev–Trinajstić information content (AvgIpc) is 3.27. The zero-order valence-electron chi connectivity index (χ0n) is 14.5. The number of hydrogen-bond donors (Lipinski definition) is 1. The van der Waals surface area contributed by atoms with Crippen molar-refractivity contribution < 1.29 is 27.5 Å². The van der Waals surface area contributed by atoms with Gasteiger partial charge in [0, 0.05) is 18.5 Å². The Morgan fingerprint density at radius 2 is 1.86 bits per heavy atom. The smallest absolute Gasteiger partial charge is 0.416 e. The predicted molar refractivity (Wildman–Crippen MR) is 91.7 cm³/mol. The molecule has 1 N–H and O–H groups in total. The van der Waals surface area contributed by atoms with Crippen LogP contribution >= 0.6 is 0 Å². The number of hydrogen-bond acceptors (Lipinski definition) is 4. The lowest BCUT2D eigenvalue weighted by Gasteiger charge is -2.14. The van der Waals surface area contributed by atoms with E-state index in [0.717, 1.165) is 25.0 Å².